The lowest BCUT2D eigenvalue weighted by atomic mass is 9.81. The summed E-state index contributed by atoms with van der Waals surface area (Å²) >= 11 is 3.18. The molecule has 1 saturated carbocycles. The molecule has 2 bridgehead atoms. The van der Waals surface area contributed by atoms with Gasteiger partial charge >= 0.3 is 15.6 Å². The van der Waals surface area contributed by atoms with Gasteiger partial charge in [0.1, 0.15) is 5.76 Å². The zero-order valence-electron chi connectivity index (χ0n) is 9.71. The second-order valence-electron chi connectivity index (χ2n) is 5.20. The Bertz CT molecular complexity index is 507. The fourth-order valence-electron chi connectivity index (χ4n) is 2.84. The van der Waals surface area contributed by atoms with Gasteiger partial charge < -0.3 is 4.18 Å². The van der Waals surface area contributed by atoms with E-state index in [1.807, 2.05) is 13.8 Å². The van der Waals surface area contributed by atoms with E-state index in [0.717, 1.165) is 6.42 Å². The van der Waals surface area contributed by atoms with Crippen molar-refractivity contribution in [3.8, 4) is 0 Å². The predicted molar refractivity (Wildman–Crippen MR) is 62.0 cm³/mol. The van der Waals surface area contributed by atoms with Gasteiger partial charge in [-0.3, -0.25) is 0 Å². The third-order valence-electron chi connectivity index (χ3n) is 3.88. The third kappa shape index (κ3) is 1.88. The minimum Gasteiger partial charge on any atom is -0.379 e. The average Bonchev–Trinajstić information content (AvgIpc) is 2.54. The molecule has 2 aliphatic rings. The molecule has 0 N–H and O–H groups in total. The molecule has 0 aromatic carbocycles. The Morgan fingerprint density at radius 2 is 1.78 bits per heavy atom. The Balaban J connectivity index is 2.33. The summed E-state index contributed by atoms with van der Waals surface area (Å²) in [5.41, 5.74) is -5.66. The SMILES string of the molecule is CC1(C)[C@@H]2CC[C@H]1C(OS(=O)(=O)C(F)(F)F)=C2Br. The van der Waals surface area contributed by atoms with Crippen LogP contribution in [0.15, 0.2) is 10.2 Å². The fraction of sp³-hybridized carbons (Fsp3) is 0.800. The second-order valence-corrected chi connectivity index (χ2v) is 7.59. The van der Waals surface area contributed by atoms with E-state index >= 15 is 0 Å². The van der Waals surface area contributed by atoms with E-state index in [4.69, 9.17) is 0 Å². The molecule has 104 valence electrons. The molecule has 0 spiro atoms. The molecule has 18 heavy (non-hydrogen) atoms. The number of allylic oxidation sites excluding steroid dienone is 2. The van der Waals surface area contributed by atoms with Crippen LogP contribution < -0.4 is 0 Å². The van der Waals surface area contributed by atoms with Crippen molar-refractivity contribution in [2.75, 3.05) is 0 Å². The Hall–Kier alpha value is -0.240. The van der Waals surface area contributed by atoms with Crippen LogP contribution >= 0.6 is 15.9 Å². The number of hydrogen-bond donors (Lipinski definition) is 0. The summed E-state index contributed by atoms with van der Waals surface area (Å²) in [6.07, 6.45) is 1.48. The molecule has 0 unspecified atom stereocenters. The maximum absolute atomic E-state index is 12.3. The number of halogens is 4. The molecule has 2 rings (SSSR count). The van der Waals surface area contributed by atoms with Crippen LogP contribution in [-0.4, -0.2) is 13.9 Å². The Labute approximate surface area is 112 Å². The highest BCUT2D eigenvalue weighted by Crippen LogP contribution is 2.62. The summed E-state index contributed by atoms with van der Waals surface area (Å²) in [6.45, 7) is 3.82. The lowest BCUT2D eigenvalue weighted by Crippen LogP contribution is -2.27. The smallest absolute Gasteiger partial charge is 0.379 e. The molecular formula is C10H12BrF3O3S. The van der Waals surface area contributed by atoms with Gasteiger partial charge in [-0.05, 0) is 24.2 Å². The molecule has 3 nitrogen and oxygen atoms in total. The van der Waals surface area contributed by atoms with Crippen LogP contribution in [0, 0.1) is 17.3 Å². The van der Waals surface area contributed by atoms with Crippen molar-refractivity contribution < 1.29 is 25.8 Å². The molecule has 2 aliphatic carbocycles. The highest BCUT2D eigenvalue weighted by atomic mass is 79.9. The van der Waals surface area contributed by atoms with Crippen LogP contribution in [0.4, 0.5) is 13.2 Å². The molecule has 0 radical (unpaired) electrons. The zero-order chi connectivity index (χ0) is 13.9. The first-order valence-corrected chi connectivity index (χ1v) is 7.59. The molecular weight excluding hydrogens is 337 g/mol. The van der Waals surface area contributed by atoms with Gasteiger partial charge in [-0.15, -0.1) is 0 Å². The third-order valence-corrected chi connectivity index (χ3v) is 5.79. The molecule has 8 heteroatoms. The first-order chi connectivity index (χ1) is 7.98. The van der Waals surface area contributed by atoms with Crippen molar-refractivity contribution in [3.05, 3.63) is 10.2 Å². The van der Waals surface area contributed by atoms with Crippen LogP contribution in [0.25, 0.3) is 0 Å². The lowest BCUT2D eigenvalue weighted by molar-refractivity contribution is -0.0528. The van der Waals surface area contributed by atoms with Gasteiger partial charge in [-0.2, -0.15) is 21.6 Å². The standard InChI is InChI=1S/C10H12BrF3O3S/c1-9(2)5-3-4-6(9)8(7(5)11)17-18(15,16)10(12,13)14/h5-6H,3-4H2,1-2H3/t5-,6+/m1/s1. The van der Waals surface area contributed by atoms with Crippen LogP contribution in [0.2, 0.25) is 0 Å². The summed E-state index contributed by atoms with van der Waals surface area (Å²) in [5, 5.41) is 0. The predicted octanol–water partition coefficient (Wildman–Crippen LogP) is 3.53. The Kier molecular flexibility index (Phi) is 3.05. The number of hydrogen-bond acceptors (Lipinski definition) is 3. The minimum absolute atomic E-state index is 0.0286. The van der Waals surface area contributed by atoms with Crippen molar-refractivity contribution in [1.29, 1.82) is 0 Å². The first kappa shape index (κ1) is 14.2. The van der Waals surface area contributed by atoms with Crippen LogP contribution in [0.5, 0.6) is 0 Å². The van der Waals surface area contributed by atoms with E-state index in [2.05, 4.69) is 20.1 Å². The number of fused-ring (bicyclic) bond motifs is 2. The van der Waals surface area contributed by atoms with Crippen molar-refractivity contribution in [1.82, 2.24) is 0 Å². The average molecular weight is 349 g/mol. The van der Waals surface area contributed by atoms with Crippen molar-refractivity contribution >= 4 is 26.0 Å². The molecule has 0 aliphatic heterocycles. The largest absolute Gasteiger partial charge is 0.534 e. The van der Waals surface area contributed by atoms with Gasteiger partial charge in [0.05, 0.1) is 0 Å². The lowest BCUT2D eigenvalue weighted by Gasteiger charge is -2.25. The van der Waals surface area contributed by atoms with Gasteiger partial charge in [0, 0.05) is 10.4 Å². The summed E-state index contributed by atoms with van der Waals surface area (Å²) in [6, 6.07) is 0. The Morgan fingerprint density at radius 1 is 1.28 bits per heavy atom. The maximum Gasteiger partial charge on any atom is 0.534 e. The summed E-state index contributed by atoms with van der Waals surface area (Å²) in [4.78, 5) is 0. The molecule has 1 fully saturated rings. The monoisotopic (exact) mass is 348 g/mol. The fourth-order valence-corrected chi connectivity index (χ4v) is 4.66. The minimum atomic E-state index is -5.57. The second kappa shape index (κ2) is 3.88. The molecule has 0 aromatic heterocycles. The van der Waals surface area contributed by atoms with Gasteiger partial charge in [0.2, 0.25) is 0 Å². The summed E-state index contributed by atoms with van der Waals surface area (Å²) in [7, 11) is -5.57. The first-order valence-electron chi connectivity index (χ1n) is 5.39. The highest BCUT2D eigenvalue weighted by Gasteiger charge is 2.57. The topological polar surface area (TPSA) is 43.4 Å². The van der Waals surface area contributed by atoms with E-state index < -0.39 is 15.6 Å². The maximum atomic E-state index is 12.3. The van der Waals surface area contributed by atoms with E-state index in [9.17, 15) is 21.6 Å². The van der Waals surface area contributed by atoms with E-state index in [1.165, 1.54) is 0 Å². The van der Waals surface area contributed by atoms with E-state index in [0.29, 0.717) is 10.9 Å². The molecule has 0 heterocycles. The van der Waals surface area contributed by atoms with Crippen molar-refractivity contribution in [2.45, 2.75) is 32.2 Å². The quantitative estimate of drug-likeness (QED) is 0.566. The van der Waals surface area contributed by atoms with Crippen LogP contribution in [0.1, 0.15) is 26.7 Å². The van der Waals surface area contributed by atoms with Gasteiger partial charge in [-0.1, -0.05) is 29.8 Å². The summed E-state index contributed by atoms with van der Waals surface area (Å²) < 4.78 is 63.8. The highest BCUT2D eigenvalue weighted by molar-refractivity contribution is 9.11. The van der Waals surface area contributed by atoms with Crippen LogP contribution in [-0.2, 0) is 14.3 Å². The van der Waals surface area contributed by atoms with Gasteiger partial charge in [0.25, 0.3) is 0 Å². The van der Waals surface area contributed by atoms with Gasteiger partial charge in [0.15, 0.2) is 0 Å². The number of rotatable bonds is 2. The van der Waals surface area contributed by atoms with Crippen molar-refractivity contribution in [2.24, 2.45) is 17.3 Å². The molecule has 0 amide bonds. The zero-order valence-corrected chi connectivity index (χ0v) is 12.1. The normalized spacial score (nSPS) is 31.0. The van der Waals surface area contributed by atoms with Crippen LogP contribution in [0.3, 0.4) is 0 Å². The van der Waals surface area contributed by atoms with Crippen molar-refractivity contribution in [3.63, 3.8) is 0 Å². The molecule has 2 atom stereocenters. The summed E-state index contributed by atoms with van der Waals surface area (Å²) in [5.74, 6) is -0.330. The molecule has 0 aromatic rings. The van der Waals surface area contributed by atoms with E-state index in [1.54, 1.807) is 0 Å². The Morgan fingerprint density at radius 3 is 2.17 bits per heavy atom. The van der Waals surface area contributed by atoms with E-state index in [-0.39, 0.29) is 23.0 Å². The van der Waals surface area contributed by atoms with Gasteiger partial charge in [-0.25, -0.2) is 0 Å². The number of alkyl halides is 3. The molecule has 0 saturated heterocycles.